The fraction of sp³-hybridized carbons (Fsp3) is 0.462. The van der Waals surface area contributed by atoms with Gasteiger partial charge >= 0.3 is 0 Å². The molecule has 0 radical (unpaired) electrons. The summed E-state index contributed by atoms with van der Waals surface area (Å²) in [7, 11) is 0. The molecule has 0 aromatic heterocycles. The van der Waals surface area contributed by atoms with Crippen LogP contribution in [0.3, 0.4) is 0 Å². The van der Waals surface area contributed by atoms with E-state index in [1.54, 1.807) is 6.07 Å². The van der Waals surface area contributed by atoms with Crippen molar-refractivity contribution in [3.8, 4) is 0 Å². The Hall–Kier alpha value is -0.890. The third-order valence-corrected chi connectivity index (χ3v) is 2.81. The molecule has 0 saturated heterocycles. The zero-order valence-electron chi connectivity index (χ0n) is 9.43. The molecule has 1 nitrogen and oxygen atoms in total. The molecule has 0 aliphatic heterocycles. The molecule has 0 aliphatic carbocycles. The van der Waals surface area contributed by atoms with Gasteiger partial charge in [0.25, 0.3) is 0 Å². The standard InChI is InChI=1S/C13H16ClFO/c1-2-3-4-5-6-13(16)10-7-8-11(14)12(15)9-10/h7-9H,2-6H2,1H3. The van der Waals surface area contributed by atoms with Gasteiger partial charge in [-0.3, -0.25) is 4.79 Å². The monoisotopic (exact) mass is 242 g/mol. The number of ketones is 1. The Morgan fingerprint density at radius 1 is 1.31 bits per heavy atom. The van der Waals surface area contributed by atoms with Crippen LogP contribution in [0.4, 0.5) is 4.39 Å². The highest BCUT2D eigenvalue weighted by atomic mass is 35.5. The van der Waals surface area contributed by atoms with Crippen molar-refractivity contribution < 1.29 is 9.18 Å². The topological polar surface area (TPSA) is 17.1 Å². The molecule has 0 bridgehead atoms. The van der Waals surface area contributed by atoms with Crippen molar-refractivity contribution in [2.75, 3.05) is 0 Å². The Kier molecular flexibility index (Phi) is 5.47. The van der Waals surface area contributed by atoms with Crippen LogP contribution < -0.4 is 0 Å². The number of carbonyl (C=O) groups excluding carboxylic acids is 1. The maximum Gasteiger partial charge on any atom is 0.162 e. The van der Waals surface area contributed by atoms with Crippen molar-refractivity contribution in [2.45, 2.75) is 39.0 Å². The predicted molar refractivity (Wildman–Crippen MR) is 64.5 cm³/mol. The van der Waals surface area contributed by atoms with E-state index in [4.69, 9.17) is 11.6 Å². The normalized spacial score (nSPS) is 10.4. The van der Waals surface area contributed by atoms with Crippen molar-refractivity contribution in [3.05, 3.63) is 34.6 Å². The van der Waals surface area contributed by atoms with E-state index in [2.05, 4.69) is 6.92 Å². The molecule has 0 spiro atoms. The number of unbranched alkanes of at least 4 members (excludes halogenated alkanes) is 3. The maximum absolute atomic E-state index is 13.1. The molecule has 0 N–H and O–H groups in total. The largest absolute Gasteiger partial charge is 0.294 e. The summed E-state index contributed by atoms with van der Waals surface area (Å²) in [5.41, 5.74) is 0.415. The van der Waals surface area contributed by atoms with Gasteiger partial charge in [-0.05, 0) is 24.6 Å². The first kappa shape index (κ1) is 13.2. The molecule has 88 valence electrons. The summed E-state index contributed by atoms with van der Waals surface area (Å²) in [5, 5.41) is 0.0579. The van der Waals surface area contributed by atoms with Gasteiger partial charge < -0.3 is 0 Å². The average Bonchev–Trinajstić information content (AvgIpc) is 2.28. The van der Waals surface area contributed by atoms with Crippen LogP contribution in [0, 0.1) is 5.82 Å². The van der Waals surface area contributed by atoms with Gasteiger partial charge in [0.05, 0.1) is 5.02 Å². The van der Waals surface area contributed by atoms with Crippen LogP contribution in [0.5, 0.6) is 0 Å². The first-order valence-electron chi connectivity index (χ1n) is 5.63. The highest BCUT2D eigenvalue weighted by molar-refractivity contribution is 6.30. The molecule has 1 aromatic rings. The zero-order valence-corrected chi connectivity index (χ0v) is 10.2. The van der Waals surface area contributed by atoms with Crippen LogP contribution in [-0.2, 0) is 0 Å². The Morgan fingerprint density at radius 2 is 2.06 bits per heavy atom. The lowest BCUT2D eigenvalue weighted by atomic mass is 10.0. The van der Waals surface area contributed by atoms with Crippen LogP contribution in [0.2, 0.25) is 5.02 Å². The van der Waals surface area contributed by atoms with Crippen LogP contribution in [0.15, 0.2) is 18.2 Å². The van der Waals surface area contributed by atoms with E-state index in [-0.39, 0.29) is 10.8 Å². The average molecular weight is 243 g/mol. The summed E-state index contributed by atoms with van der Waals surface area (Å²) in [6.45, 7) is 2.12. The van der Waals surface area contributed by atoms with Gasteiger partial charge in [-0.1, -0.05) is 37.8 Å². The summed E-state index contributed by atoms with van der Waals surface area (Å²) in [4.78, 5) is 11.7. The van der Waals surface area contributed by atoms with Crippen molar-refractivity contribution in [1.29, 1.82) is 0 Å². The van der Waals surface area contributed by atoms with E-state index < -0.39 is 5.82 Å². The zero-order chi connectivity index (χ0) is 12.0. The molecule has 1 rings (SSSR count). The number of halogens is 2. The Balaban J connectivity index is 2.50. The SMILES string of the molecule is CCCCCCC(=O)c1ccc(Cl)c(F)c1. The fourth-order valence-electron chi connectivity index (χ4n) is 1.53. The van der Waals surface area contributed by atoms with Gasteiger partial charge in [0.1, 0.15) is 5.82 Å². The lowest BCUT2D eigenvalue weighted by Crippen LogP contribution is -1.99. The van der Waals surface area contributed by atoms with Crippen molar-refractivity contribution in [1.82, 2.24) is 0 Å². The number of benzene rings is 1. The molecule has 0 aliphatic rings. The number of hydrogen-bond acceptors (Lipinski definition) is 1. The van der Waals surface area contributed by atoms with Gasteiger partial charge in [0.2, 0.25) is 0 Å². The van der Waals surface area contributed by atoms with Gasteiger partial charge in [-0.25, -0.2) is 4.39 Å². The Morgan fingerprint density at radius 3 is 2.69 bits per heavy atom. The second-order valence-corrected chi connectivity index (χ2v) is 4.27. The van der Waals surface area contributed by atoms with Gasteiger partial charge in [0, 0.05) is 12.0 Å². The Labute approximate surface area is 101 Å². The molecule has 0 unspecified atom stereocenters. The van der Waals surface area contributed by atoms with E-state index in [9.17, 15) is 9.18 Å². The minimum atomic E-state index is -0.527. The smallest absolute Gasteiger partial charge is 0.162 e. The third kappa shape index (κ3) is 3.93. The number of rotatable bonds is 6. The highest BCUT2D eigenvalue weighted by Crippen LogP contribution is 2.17. The van der Waals surface area contributed by atoms with E-state index in [1.165, 1.54) is 12.1 Å². The summed E-state index contributed by atoms with van der Waals surface area (Å²) in [5.74, 6) is -0.534. The molecular weight excluding hydrogens is 227 g/mol. The molecule has 0 fully saturated rings. The minimum Gasteiger partial charge on any atom is -0.294 e. The van der Waals surface area contributed by atoms with E-state index >= 15 is 0 Å². The van der Waals surface area contributed by atoms with Crippen molar-refractivity contribution >= 4 is 17.4 Å². The van der Waals surface area contributed by atoms with E-state index in [1.807, 2.05) is 0 Å². The van der Waals surface area contributed by atoms with E-state index in [0.717, 1.165) is 25.7 Å². The quantitative estimate of drug-likeness (QED) is 0.525. The van der Waals surface area contributed by atoms with Gasteiger partial charge in [0.15, 0.2) is 5.78 Å². The maximum atomic E-state index is 13.1. The molecule has 16 heavy (non-hydrogen) atoms. The van der Waals surface area contributed by atoms with Crippen LogP contribution >= 0.6 is 11.6 Å². The lowest BCUT2D eigenvalue weighted by molar-refractivity contribution is 0.0978. The van der Waals surface area contributed by atoms with Gasteiger partial charge in [-0.15, -0.1) is 0 Å². The molecule has 0 heterocycles. The first-order valence-corrected chi connectivity index (χ1v) is 6.01. The fourth-order valence-corrected chi connectivity index (χ4v) is 1.64. The summed E-state index contributed by atoms with van der Waals surface area (Å²) >= 11 is 5.54. The summed E-state index contributed by atoms with van der Waals surface area (Å²) < 4.78 is 13.1. The number of hydrogen-bond donors (Lipinski definition) is 0. The van der Waals surface area contributed by atoms with E-state index in [0.29, 0.717) is 12.0 Å². The van der Waals surface area contributed by atoms with Crippen LogP contribution in [0.1, 0.15) is 49.4 Å². The highest BCUT2D eigenvalue weighted by Gasteiger charge is 2.08. The van der Waals surface area contributed by atoms with Gasteiger partial charge in [-0.2, -0.15) is 0 Å². The second-order valence-electron chi connectivity index (χ2n) is 3.86. The van der Waals surface area contributed by atoms with Crippen LogP contribution in [-0.4, -0.2) is 5.78 Å². The second kappa shape index (κ2) is 6.64. The number of Topliss-reactive ketones (excluding diaryl/α,β-unsaturated/α-hetero) is 1. The first-order chi connectivity index (χ1) is 7.65. The van der Waals surface area contributed by atoms with Crippen LogP contribution in [0.25, 0.3) is 0 Å². The lowest BCUT2D eigenvalue weighted by Gasteiger charge is -2.02. The number of carbonyl (C=O) groups is 1. The summed E-state index contributed by atoms with van der Waals surface area (Å²) in [6, 6.07) is 4.22. The molecule has 0 atom stereocenters. The summed E-state index contributed by atoms with van der Waals surface area (Å²) in [6.07, 6.45) is 4.70. The third-order valence-electron chi connectivity index (χ3n) is 2.50. The van der Waals surface area contributed by atoms with Crippen molar-refractivity contribution in [3.63, 3.8) is 0 Å². The molecule has 3 heteroatoms. The molecular formula is C13H16ClFO. The van der Waals surface area contributed by atoms with Crippen molar-refractivity contribution in [2.24, 2.45) is 0 Å². The molecule has 0 amide bonds. The Bertz CT molecular complexity index is 363. The molecule has 1 aromatic carbocycles. The predicted octanol–water partition coefficient (Wildman–Crippen LogP) is 4.63. The minimum absolute atomic E-state index is 0.00771. The molecule has 0 saturated carbocycles.